The minimum absolute atomic E-state index is 0.496. The zero-order valence-corrected chi connectivity index (χ0v) is 9.46. The molecule has 0 aromatic carbocycles. The summed E-state index contributed by atoms with van der Waals surface area (Å²) in [6.45, 7) is 9.19. The zero-order valence-electron chi connectivity index (χ0n) is 9.46. The Bertz CT molecular complexity index is 295. The SMILES string of the molecule is CCc1nc(C)cc(CNC(C)C)n1. The van der Waals surface area contributed by atoms with E-state index in [0.29, 0.717) is 6.04 Å². The summed E-state index contributed by atoms with van der Waals surface area (Å²) in [5.41, 5.74) is 2.14. The fraction of sp³-hybridized carbons (Fsp3) is 0.636. The van der Waals surface area contributed by atoms with E-state index in [1.54, 1.807) is 0 Å². The monoisotopic (exact) mass is 193 g/mol. The van der Waals surface area contributed by atoms with Gasteiger partial charge in [0.2, 0.25) is 0 Å². The summed E-state index contributed by atoms with van der Waals surface area (Å²) in [6.07, 6.45) is 0.899. The van der Waals surface area contributed by atoms with Crippen LogP contribution in [0.15, 0.2) is 6.07 Å². The number of hydrogen-bond acceptors (Lipinski definition) is 3. The molecule has 3 heteroatoms. The van der Waals surface area contributed by atoms with E-state index in [9.17, 15) is 0 Å². The van der Waals surface area contributed by atoms with Gasteiger partial charge in [-0.1, -0.05) is 20.8 Å². The molecule has 14 heavy (non-hydrogen) atoms. The maximum atomic E-state index is 4.45. The van der Waals surface area contributed by atoms with Crippen LogP contribution >= 0.6 is 0 Å². The van der Waals surface area contributed by atoms with Crippen LogP contribution in [0.3, 0.4) is 0 Å². The number of hydrogen-bond donors (Lipinski definition) is 1. The molecule has 0 atom stereocenters. The molecule has 78 valence electrons. The normalized spacial score (nSPS) is 10.9. The van der Waals surface area contributed by atoms with Crippen LogP contribution in [0.5, 0.6) is 0 Å². The van der Waals surface area contributed by atoms with Gasteiger partial charge in [-0.2, -0.15) is 0 Å². The summed E-state index contributed by atoms with van der Waals surface area (Å²) >= 11 is 0. The van der Waals surface area contributed by atoms with E-state index in [1.165, 1.54) is 0 Å². The molecule has 1 N–H and O–H groups in total. The average molecular weight is 193 g/mol. The number of rotatable bonds is 4. The molecular formula is C11H19N3. The van der Waals surface area contributed by atoms with Crippen molar-refractivity contribution in [3.63, 3.8) is 0 Å². The number of nitrogens with zero attached hydrogens (tertiary/aromatic N) is 2. The molecular weight excluding hydrogens is 174 g/mol. The first kappa shape index (κ1) is 11.1. The van der Waals surface area contributed by atoms with Crippen LogP contribution in [0.2, 0.25) is 0 Å². The maximum absolute atomic E-state index is 4.45. The van der Waals surface area contributed by atoms with Crippen molar-refractivity contribution in [3.05, 3.63) is 23.3 Å². The second-order valence-electron chi connectivity index (χ2n) is 3.81. The van der Waals surface area contributed by atoms with Gasteiger partial charge in [0.05, 0.1) is 5.69 Å². The van der Waals surface area contributed by atoms with Gasteiger partial charge in [-0.15, -0.1) is 0 Å². The van der Waals surface area contributed by atoms with E-state index >= 15 is 0 Å². The second kappa shape index (κ2) is 5.05. The van der Waals surface area contributed by atoms with Crippen molar-refractivity contribution in [2.75, 3.05) is 0 Å². The van der Waals surface area contributed by atoms with Crippen molar-refractivity contribution in [1.82, 2.24) is 15.3 Å². The summed E-state index contributed by atoms with van der Waals surface area (Å²) in [5.74, 6) is 0.936. The molecule has 3 nitrogen and oxygen atoms in total. The number of aryl methyl sites for hydroxylation is 2. The Hall–Kier alpha value is -0.960. The standard InChI is InChI=1S/C11H19N3/c1-5-11-13-9(4)6-10(14-11)7-12-8(2)3/h6,8,12H,5,7H2,1-4H3. The van der Waals surface area contributed by atoms with Gasteiger partial charge < -0.3 is 5.32 Å². The molecule has 0 aliphatic heterocycles. The third-order valence-electron chi connectivity index (χ3n) is 1.96. The highest BCUT2D eigenvalue weighted by atomic mass is 14.9. The quantitative estimate of drug-likeness (QED) is 0.793. The molecule has 0 amide bonds. The summed E-state index contributed by atoms with van der Waals surface area (Å²) in [7, 11) is 0. The van der Waals surface area contributed by atoms with Gasteiger partial charge in [0, 0.05) is 24.7 Å². The van der Waals surface area contributed by atoms with Crippen LogP contribution in [-0.2, 0) is 13.0 Å². The molecule has 0 radical (unpaired) electrons. The van der Waals surface area contributed by atoms with Crippen LogP contribution in [0.25, 0.3) is 0 Å². The van der Waals surface area contributed by atoms with E-state index in [4.69, 9.17) is 0 Å². The highest BCUT2D eigenvalue weighted by Gasteiger charge is 2.01. The lowest BCUT2D eigenvalue weighted by Gasteiger charge is -2.08. The largest absolute Gasteiger partial charge is 0.309 e. The molecule has 0 saturated carbocycles. The van der Waals surface area contributed by atoms with Gasteiger partial charge >= 0.3 is 0 Å². The van der Waals surface area contributed by atoms with Crippen LogP contribution in [0.4, 0.5) is 0 Å². The van der Waals surface area contributed by atoms with Gasteiger partial charge in [0.25, 0.3) is 0 Å². The summed E-state index contributed by atoms with van der Waals surface area (Å²) in [6, 6.07) is 2.53. The molecule has 0 bridgehead atoms. The van der Waals surface area contributed by atoms with E-state index in [2.05, 4.69) is 36.1 Å². The predicted molar refractivity (Wildman–Crippen MR) is 58.1 cm³/mol. The predicted octanol–water partition coefficient (Wildman–Crippen LogP) is 1.85. The fourth-order valence-electron chi connectivity index (χ4n) is 1.26. The first-order valence-corrected chi connectivity index (χ1v) is 5.18. The third kappa shape index (κ3) is 3.42. The topological polar surface area (TPSA) is 37.8 Å². The van der Waals surface area contributed by atoms with Crippen molar-refractivity contribution in [1.29, 1.82) is 0 Å². The average Bonchev–Trinajstić information content (AvgIpc) is 2.14. The van der Waals surface area contributed by atoms with Crippen molar-refractivity contribution in [2.24, 2.45) is 0 Å². The van der Waals surface area contributed by atoms with E-state index in [-0.39, 0.29) is 0 Å². The molecule has 1 rings (SSSR count). The van der Waals surface area contributed by atoms with Crippen molar-refractivity contribution in [2.45, 2.75) is 46.7 Å². The first-order chi connectivity index (χ1) is 6.61. The minimum atomic E-state index is 0.496. The van der Waals surface area contributed by atoms with Gasteiger partial charge in [-0.05, 0) is 13.0 Å². The lowest BCUT2D eigenvalue weighted by atomic mass is 10.3. The molecule has 0 aliphatic carbocycles. The number of nitrogens with one attached hydrogen (secondary N) is 1. The molecule has 0 unspecified atom stereocenters. The Morgan fingerprint density at radius 1 is 1.36 bits per heavy atom. The lowest BCUT2D eigenvalue weighted by molar-refractivity contribution is 0.578. The van der Waals surface area contributed by atoms with E-state index < -0.39 is 0 Å². The first-order valence-electron chi connectivity index (χ1n) is 5.18. The molecule has 0 saturated heterocycles. The Balaban J connectivity index is 2.71. The molecule has 0 aliphatic rings. The molecule has 1 aromatic heterocycles. The maximum Gasteiger partial charge on any atom is 0.128 e. The van der Waals surface area contributed by atoms with E-state index in [0.717, 1.165) is 30.2 Å². The Morgan fingerprint density at radius 3 is 2.64 bits per heavy atom. The van der Waals surface area contributed by atoms with Crippen LogP contribution in [0, 0.1) is 6.92 Å². The molecule has 0 spiro atoms. The lowest BCUT2D eigenvalue weighted by Crippen LogP contribution is -2.22. The minimum Gasteiger partial charge on any atom is -0.309 e. The Labute approximate surface area is 86.0 Å². The smallest absolute Gasteiger partial charge is 0.128 e. The van der Waals surface area contributed by atoms with Gasteiger partial charge in [0.15, 0.2) is 0 Å². The van der Waals surface area contributed by atoms with Crippen LogP contribution in [0.1, 0.15) is 38.0 Å². The van der Waals surface area contributed by atoms with E-state index in [1.807, 2.05) is 13.0 Å². The second-order valence-corrected chi connectivity index (χ2v) is 3.81. The summed E-state index contributed by atoms with van der Waals surface area (Å²) in [4.78, 5) is 8.79. The summed E-state index contributed by atoms with van der Waals surface area (Å²) in [5, 5.41) is 3.35. The highest BCUT2D eigenvalue weighted by Crippen LogP contribution is 2.01. The van der Waals surface area contributed by atoms with Gasteiger partial charge in [0.1, 0.15) is 5.82 Å². The summed E-state index contributed by atoms with van der Waals surface area (Å²) < 4.78 is 0. The number of aromatic nitrogens is 2. The van der Waals surface area contributed by atoms with Gasteiger partial charge in [-0.25, -0.2) is 9.97 Å². The van der Waals surface area contributed by atoms with Crippen LogP contribution < -0.4 is 5.32 Å². The van der Waals surface area contributed by atoms with Crippen LogP contribution in [-0.4, -0.2) is 16.0 Å². The molecule has 0 fully saturated rings. The van der Waals surface area contributed by atoms with Crippen molar-refractivity contribution >= 4 is 0 Å². The fourth-order valence-corrected chi connectivity index (χ4v) is 1.26. The molecule has 1 aromatic rings. The Morgan fingerprint density at radius 2 is 2.07 bits per heavy atom. The third-order valence-corrected chi connectivity index (χ3v) is 1.96. The highest BCUT2D eigenvalue weighted by molar-refractivity contribution is 5.10. The molecule has 1 heterocycles. The Kier molecular flexibility index (Phi) is 4.01. The van der Waals surface area contributed by atoms with Crippen molar-refractivity contribution < 1.29 is 0 Å². The zero-order chi connectivity index (χ0) is 10.6. The van der Waals surface area contributed by atoms with Gasteiger partial charge in [-0.3, -0.25) is 0 Å². The van der Waals surface area contributed by atoms with Crippen molar-refractivity contribution in [3.8, 4) is 0 Å².